The molecule has 2 heterocycles. The Morgan fingerprint density at radius 3 is 2.76 bits per heavy atom. The topological polar surface area (TPSA) is 81.2 Å². The summed E-state index contributed by atoms with van der Waals surface area (Å²) in [6.45, 7) is 1.78. The van der Waals surface area contributed by atoms with E-state index in [-0.39, 0.29) is 24.6 Å². The number of nitrogens with zero attached hydrogens (tertiary/aromatic N) is 3. The van der Waals surface area contributed by atoms with Crippen molar-refractivity contribution >= 4 is 11.8 Å². The van der Waals surface area contributed by atoms with Crippen molar-refractivity contribution in [2.45, 2.75) is 12.5 Å². The Balaban J connectivity index is 0.00000144. The molecule has 1 aliphatic heterocycles. The van der Waals surface area contributed by atoms with Crippen molar-refractivity contribution in [2.75, 3.05) is 25.0 Å². The molecule has 0 saturated carbocycles. The second kappa shape index (κ2) is 6.01. The van der Waals surface area contributed by atoms with Gasteiger partial charge in [0.1, 0.15) is 11.5 Å². The summed E-state index contributed by atoms with van der Waals surface area (Å²) in [6, 6.07) is 0.461. The summed E-state index contributed by atoms with van der Waals surface area (Å²) in [5.74, 6) is -0.587. The third-order valence-corrected chi connectivity index (χ3v) is 2.77. The summed E-state index contributed by atoms with van der Waals surface area (Å²) >= 11 is 0. The summed E-state index contributed by atoms with van der Waals surface area (Å²) in [7, 11) is 1.93. The summed E-state index contributed by atoms with van der Waals surface area (Å²) in [4.78, 5) is 20.4. The maximum Gasteiger partial charge on any atom is 1.00 e. The average Bonchev–Trinajstić information content (AvgIpc) is 2.77. The van der Waals surface area contributed by atoms with Crippen molar-refractivity contribution in [1.29, 1.82) is 0 Å². The van der Waals surface area contributed by atoms with Gasteiger partial charge >= 0.3 is 18.9 Å². The Kier molecular flexibility index (Phi) is 4.94. The molecule has 0 amide bonds. The fraction of sp³-hybridized carbons (Fsp3) is 0.500. The van der Waals surface area contributed by atoms with Gasteiger partial charge in [0.05, 0.1) is 18.4 Å². The van der Waals surface area contributed by atoms with Crippen LogP contribution in [0.5, 0.6) is 0 Å². The number of carbonyl (C=O) groups excluding carboxylic acids is 1. The van der Waals surface area contributed by atoms with Crippen molar-refractivity contribution in [3.8, 4) is 0 Å². The van der Waals surface area contributed by atoms with Crippen molar-refractivity contribution in [2.24, 2.45) is 0 Å². The molecule has 6 nitrogen and oxygen atoms in total. The normalized spacial score (nSPS) is 18.9. The third kappa shape index (κ3) is 3.19. The number of hydrogen-bond donors (Lipinski definition) is 1. The molecule has 1 saturated heterocycles. The van der Waals surface area contributed by atoms with Gasteiger partial charge in [-0.25, -0.2) is 9.97 Å². The zero-order chi connectivity index (χ0) is 11.5. The number of rotatable bonds is 3. The predicted molar refractivity (Wildman–Crippen MR) is 56.0 cm³/mol. The van der Waals surface area contributed by atoms with E-state index >= 15 is 0 Å². The van der Waals surface area contributed by atoms with Crippen LogP contribution in [0, 0.1) is 0 Å². The van der Waals surface area contributed by atoms with Crippen LogP contribution >= 0.6 is 0 Å². The van der Waals surface area contributed by atoms with E-state index in [4.69, 9.17) is 0 Å². The molecular formula is C10H13LiN4O2. The van der Waals surface area contributed by atoms with Crippen LogP contribution in [-0.4, -0.2) is 42.1 Å². The standard InChI is InChI=1S/C10H14N4O2.Li/c1-11-7-2-3-14(6-7)9-5-12-8(4-13-9)10(15)16;/h4-5,7,11H,2-3,6H2,1H3,(H,15,16);/q;+1/p-1/t7-;/m1./s1. The first-order valence-corrected chi connectivity index (χ1v) is 5.16. The van der Waals surface area contributed by atoms with Crippen molar-refractivity contribution in [3.63, 3.8) is 0 Å². The SMILES string of the molecule is CN[C@@H]1CCN(c2cnc(C(=O)[O-])cn2)C1.[Li+]. The molecule has 1 aromatic rings. The Morgan fingerprint density at radius 1 is 1.53 bits per heavy atom. The van der Waals surface area contributed by atoms with Crippen molar-refractivity contribution in [3.05, 3.63) is 18.1 Å². The van der Waals surface area contributed by atoms with Gasteiger partial charge in [-0.15, -0.1) is 0 Å². The van der Waals surface area contributed by atoms with Gasteiger partial charge in [0.2, 0.25) is 0 Å². The molecule has 1 aliphatic rings. The Hall–Kier alpha value is -1.09. The summed E-state index contributed by atoms with van der Waals surface area (Å²) in [5, 5.41) is 13.7. The fourth-order valence-electron chi connectivity index (χ4n) is 1.79. The van der Waals surface area contributed by atoms with Crippen LogP contribution in [0.2, 0.25) is 0 Å². The largest absolute Gasteiger partial charge is 1.00 e. The first kappa shape index (κ1) is 14.0. The molecule has 2 rings (SSSR count). The first-order valence-electron chi connectivity index (χ1n) is 5.16. The molecule has 17 heavy (non-hydrogen) atoms. The van der Waals surface area contributed by atoms with Crippen LogP contribution in [0.3, 0.4) is 0 Å². The number of carboxylic acid groups (broad SMARTS) is 1. The molecule has 0 aromatic carbocycles. The third-order valence-electron chi connectivity index (χ3n) is 2.77. The van der Waals surface area contributed by atoms with Crippen LogP contribution in [0.15, 0.2) is 12.4 Å². The predicted octanol–water partition coefficient (Wildman–Crippen LogP) is -4.36. The number of aromatic nitrogens is 2. The molecule has 0 unspecified atom stereocenters. The monoisotopic (exact) mass is 228 g/mol. The van der Waals surface area contributed by atoms with E-state index < -0.39 is 5.97 Å². The van der Waals surface area contributed by atoms with E-state index in [9.17, 15) is 9.90 Å². The first-order chi connectivity index (χ1) is 7.70. The number of aromatic carboxylic acids is 1. The van der Waals surface area contributed by atoms with Gasteiger partial charge in [0.25, 0.3) is 0 Å². The minimum atomic E-state index is -1.30. The molecule has 1 N–H and O–H groups in total. The van der Waals surface area contributed by atoms with Gasteiger partial charge in [-0.3, -0.25) is 0 Å². The average molecular weight is 228 g/mol. The number of hydrogen-bond acceptors (Lipinski definition) is 6. The second-order valence-corrected chi connectivity index (χ2v) is 3.77. The summed E-state index contributed by atoms with van der Waals surface area (Å²) < 4.78 is 0. The summed E-state index contributed by atoms with van der Waals surface area (Å²) in [6.07, 6.45) is 3.76. The molecule has 0 bridgehead atoms. The van der Waals surface area contributed by atoms with E-state index in [0.717, 1.165) is 19.5 Å². The molecule has 1 fully saturated rings. The number of carbonyl (C=O) groups is 1. The number of nitrogens with one attached hydrogen (secondary N) is 1. The Morgan fingerprint density at radius 2 is 2.29 bits per heavy atom. The summed E-state index contributed by atoms with van der Waals surface area (Å²) in [5.41, 5.74) is -0.131. The van der Waals surface area contributed by atoms with Crippen molar-refractivity contribution < 1.29 is 28.8 Å². The van der Waals surface area contributed by atoms with Gasteiger partial charge < -0.3 is 20.1 Å². The van der Waals surface area contributed by atoms with Gasteiger partial charge in [0.15, 0.2) is 0 Å². The minimum absolute atomic E-state index is 0. The number of likely N-dealkylation sites (N-methyl/N-ethyl adjacent to an activating group) is 1. The van der Waals surface area contributed by atoms with E-state index in [0.29, 0.717) is 11.9 Å². The molecule has 1 atom stereocenters. The Bertz CT molecular complexity index is 384. The maximum absolute atomic E-state index is 10.5. The smallest absolute Gasteiger partial charge is 0.543 e. The van der Waals surface area contributed by atoms with Gasteiger partial charge in [-0.1, -0.05) is 0 Å². The van der Waals surface area contributed by atoms with E-state index in [1.165, 1.54) is 12.4 Å². The molecule has 0 spiro atoms. The van der Waals surface area contributed by atoms with E-state index in [1.807, 2.05) is 7.05 Å². The van der Waals surface area contributed by atoms with Crippen LogP contribution in [0.1, 0.15) is 16.9 Å². The minimum Gasteiger partial charge on any atom is -0.543 e. The quantitative estimate of drug-likeness (QED) is 0.526. The molecule has 1 aromatic heterocycles. The van der Waals surface area contributed by atoms with Gasteiger partial charge in [0, 0.05) is 19.1 Å². The van der Waals surface area contributed by atoms with Crippen LogP contribution in [-0.2, 0) is 0 Å². The molecule has 86 valence electrons. The zero-order valence-corrected chi connectivity index (χ0v) is 10.0. The number of carboxylic acids is 1. The Labute approximate surface area is 112 Å². The number of anilines is 1. The molecule has 0 aliphatic carbocycles. The molecule has 7 heteroatoms. The second-order valence-electron chi connectivity index (χ2n) is 3.77. The van der Waals surface area contributed by atoms with E-state index in [2.05, 4.69) is 20.2 Å². The van der Waals surface area contributed by atoms with Crippen LogP contribution in [0.25, 0.3) is 0 Å². The molecular weight excluding hydrogens is 215 g/mol. The van der Waals surface area contributed by atoms with E-state index in [1.54, 1.807) is 0 Å². The van der Waals surface area contributed by atoms with Crippen molar-refractivity contribution in [1.82, 2.24) is 15.3 Å². The van der Waals surface area contributed by atoms with Crippen LogP contribution < -0.4 is 34.2 Å². The fourth-order valence-corrected chi connectivity index (χ4v) is 1.79. The van der Waals surface area contributed by atoms with Gasteiger partial charge in [-0.2, -0.15) is 0 Å². The zero-order valence-electron chi connectivity index (χ0n) is 10.0. The van der Waals surface area contributed by atoms with Gasteiger partial charge in [-0.05, 0) is 13.5 Å². The maximum atomic E-state index is 10.5. The molecule has 0 radical (unpaired) electrons. The van der Waals surface area contributed by atoms with Crippen LogP contribution in [0.4, 0.5) is 5.82 Å².